The summed E-state index contributed by atoms with van der Waals surface area (Å²) in [5.41, 5.74) is 1.94. The molecule has 0 aliphatic carbocycles. The van der Waals surface area contributed by atoms with Gasteiger partial charge in [0, 0.05) is 0 Å². The Morgan fingerprint density at radius 1 is 0.818 bits per heavy atom. The zero-order chi connectivity index (χ0) is 15.2. The third kappa shape index (κ3) is 3.45. The van der Waals surface area contributed by atoms with E-state index in [1.807, 2.05) is 72.8 Å². The van der Waals surface area contributed by atoms with E-state index < -0.39 is 6.10 Å². The van der Waals surface area contributed by atoms with Crippen molar-refractivity contribution in [1.29, 1.82) is 0 Å². The molecule has 3 nitrogen and oxygen atoms in total. The molecule has 22 heavy (non-hydrogen) atoms. The SMILES string of the molecule is OC(c1ccccc1)C(NCc1ccco1)c1ccccc1. The van der Waals surface area contributed by atoms with Crippen LogP contribution in [0.5, 0.6) is 0 Å². The zero-order valence-corrected chi connectivity index (χ0v) is 12.2. The van der Waals surface area contributed by atoms with Crippen LogP contribution in [0.4, 0.5) is 0 Å². The number of hydrogen-bond acceptors (Lipinski definition) is 3. The summed E-state index contributed by atoms with van der Waals surface area (Å²) in [6, 6.07) is 23.3. The topological polar surface area (TPSA) is 45.4 Å². The second-order valence-electron chi connectivity index (χ2n) is 5.20. The van der Waals surface area contributed by atoms with Crippen LogP contribution in [-0.2, 0) is 6.54 Å². The fourth-order valence-corrected chi connectivity index (χ4v) is 2.54. The van der Waals surface area contributed by atoms with Crippen LogP contribution in [0.2, 0.25) is 0 Å². The average Bonchev–Trinajstić information content (AvgIpc) is 3.10. The molecule has 0 radical (unpaired) electrons. The van der Waals surface area contributed by atoms with Crippen LogP contribution in [0.1, 0.15) is 29.0 Å². The first-order valence-electron chi connectivity index (χ1n) is 7.38. The summed E-state index contributed by atoms with van der Waals surface area (Å²) < 4.78 is 5.36. The van der Waals surface area contributed by atoms with Gasteiger partial charge in [-0.2, -0.15) is 0 Å². The fourth-order valence-electron chi connectivity index (χ4n) is 2.54. The Kier molecular flexibility index (Phi) is 4.68. The van der Waals surface area contributed by atoms with Crippen LogP contribution >= 0.6 is 0 Å². The van der Waals surface area contributed by atoms with E-state index >= 15 is 0 Å². The Labute approximate surface area is 130 Å². The Bertz CT molecular complexity index is 665. The molecular formula is C19H19NO2. The van der Waals surface area contributed by atoms with Gasteiger partial charge >= 0.3 is 0 Å². The molecule has 112 valence electrons. The van der Waals surface area contributed by atoms with E-state index in [0.29, 0.717) is 6.54 Å². The summed E-state index contributed by atoms with van der Waals surface area (Å²) in [6.07, 6.45) is 1.03. The molecule has 2 unspecified atom stereocenters. The molecule has 3 heteroatoms. The number of aliphatic hydroxyl groups excluding tert-OH is 1. The van der Waals surface area contributed by atoms with E-state index in [-0.39, 0.29) is 6.04 Å². The number of aliphatic hydroxyl groups is 1. The first-order valence-corrected chi connectivity index (χ1v) is 7.38. The smallest absolute Gasteiger partial charge is 0.117 e. The van der Waals surface area contributed by atoms with Gasteiger partial charge in [-0.05, 0) is 23.3 Å². The molecule has 0 amide bonds. The highest BCUT2D eigenvalue weighted by Gasteiger charge is 2.22. The van der Waals surface area contributed by atoms with Gasteiger partial charge in [0.1, 0.15) is 5.76 Å². The minimum atomic E-state index is -0.626. The van der Waals surface area contributed by atoms with Crippen LogP contribution < -0.4 is 5.32 Å². The molecule has 3 aromatic rings. The maximum Gasteiger partial charge on any atom is 0.117 e. The molecule has 0 spiro atoms. The van der Waals surface area contributed by atoms with Gasteiger partial charge in [-0.3, -0.25) is 0 Å². The molecule has 3 rings (SSSR count). The van der Waals surface area contributed by atoms with E-state index in [1.165, 1.54) is 0 Å². The van der Waals surface area contributed by atoms with Crippen LogP contribution in [0.25, 0.3) is 0 Å². The van der Waals surface area contributed by atoms with Crippen molar-refractivity contribution >= 4 is 0 Å². The Balaban J connectivity index is 1.82. The minimum Gasteiger partial charge on any atom is -0.468 e. The Hall–Kier alpha value is -2.36. The summed E-state index contributed by atoms with van der Waals surface area (Å²) in [7, 11) is 0. The van der Waals surface area contributed by atoms with Crippen molar-refractivity contribution in [2.75, 3.05) is 0 Å². The summed E-state index contributed by atoms with van der Waals surface area (Å²) in [6.45, 7) is 0.566. The quantitative estimate of drug-likeness (QED) is 0.725. The van der Waals surface area contributed by atoms with Crippen molar-refractivity contribution in [3.8, 4) is 0 Å². The summed E-state index contributed by atoms with van der Waals surface area (Å²) >= 11 is 0. The highest BCUT2D eigenvalue weighted by atomic mass is 16.3. The minimum absolute atomic E-state index is 0.200. The van der Waals surface area contributed by atoms with Gasteiger partial charge in [-0.15, -0.1) is 0 Å². The van der Waals surface area contributed by atoms with E-state index in [9.17, 15) is 5.11 Å². The number of furan rings is 1. The predicted octanol–water partition coefficient (Wildman–Crippen LogP) is 3.84. The van der Waals surface area contributed by atoms with E-state index in [4.69, 9.17) is 4.42 Å². The molecule has 1 aromatic heterocycles. The summed E-state index contributed by atoms with van der Waals surface area (Å²) in [5, 5.41) is 14.2. The lowest BCUT2D eigenvalue weighted by Crippen LogP contribution is -2.26. The molecule has 0 saturated heterocycles. The molecule has 1 heterocycles. The lowest BCUT2D eigenvalue weighted by Gasteiger charge is -2.25. The second kappa shape index (κ2) is 7.07. The average molecular weight is 293 g/mol. The lowest BCUT2D eigenvalue weighted by molar-refractivity contribution is 0.126. The monoisotopic (exact) mass is 293 g/mol. The van der Waals surface area contributed by atoms with Gasteiger partial charge in [0.15, 0.2) is 0 Å². The van der Waals surface area contributed by atoms with Crippen molar-refractivity contribution in [1.82, 2.24) is 5.32 Å². The molecule has 0 fully saturated rings. The first-order chi connectivity index (χ1) is 10.8. The van der Waals surface area contributed by atoms with E-state index in [0.717, 1.165) is 16.9 Å². The van der Waals surface area contributed by atoms with Gasteiger partial charge in [-0.25, -0.2) is 0 Å². The van der Waals surface area contributed by atoms with E-state index in [2.05, 4.69) is 5.32 Å². The van der Waals surface area contributed by atoms with E-state index in [1.54, 1.807) is 6.26 Å². The summed E-state index contributed by atoms with van der Waals surface area (Å²) in [4.78, 5) is 0. The van der Waals surface area contributed by atoms with Gasteiger partial charge in [0.25, 0.3) is 0 Å². The highest BCUT2D eigenvalue weighted by molar-refractivity contribution is 5.26. The van der Waals surface area contributed by atoms with Crippen LogP contribution in [0, 0.1) is 0 Å². The van der Waals surface area contributed by atoms with Crippen LogP contribution in [0.3, 0.4) is 0 Å². The van der Waals surface area contributed by atoms with Gasteiger partial charge in [0.05, 0.1) is 25.0 Å². The highest BCUT2D eigenvalue weighted by Crippen LogP contribution is 2.29. The molecule has 0 aliphatic heterocycles. The molecular weight excluding hydrogens is 274 g/mol. The third-order valence-corrected chi connectivity index (χ3v) is 3.69. The Morgan fingerprint density at radius 2 is 1.45 bits per heavy atom. The zero-order valence-electron chi connectivity index (χ0n) is 12.2. The number of nitrogens with one attached hydrogen (secondary N) is 1. The van der Waals surface area contributed by atoms with Crippen LogP contribution in [-0.4, -0.2) is 5.11 Å². The molecule has 2 atom stereocenters. The van der Waals surface area contributed by atoms with Crippen molar-refractivity contribution in [3.63, 3.8) is 0 Å². The molecule has 0 saturated carbocycles. The first kappa shape index (κ1) is 14.6. The van der Waals surface area contributed by atoms with Crippen molar-refractivity contribution in [3.05, 3.63) is 95.9 Å². The van der Waals surface area contributed by atoms with Gasteiger partial charge in [-0.1, -0.05) is 60.7 Å². The maximum atomic E-state index is 10.8. The van der Waals surface area contributed by atoms with Crippen LogP contribution in [0.15, 0.2) is 83.5 Å². The Morgan fingerprint density at radius 3 is 2.05 bits per heavy atom. The third-order valence-electron chi connectivity index (χ3n) is 3.69. The molecule has 0 bridgehead atoms. The standard InChI is InChI=1S/C19H19NO2/c21-19(16-10-5-2-6-11-16)18(15-8-3-1-4-9-15)20-14-17-12-7-13-22-17/h1-13,18-21H,14H2. The number of rotatable bonds is 6. The maximum absolute atomic E-state index is 10.8. The molecule has 2 aromatic carbocycles. The normalized spacial score (nSPS) is 13.7. The van der Waals surface area contributed by atoms with Gasteiger partial charge < -0.3 is 14.8 Å². The van der Waals surface area contributed by atoms with Gasteiger partial charge in [0.2, 0.25) is 0 Å². The van der Waals surface area contributed by atoms with Crippen molar-refractivity contribution < 1.29 is 9.52 Å². The summed E-state index contributed by atoms with van der Waals surface area (Å²) in [5.74, 6) is 0.848. The lowest BCUT2D eigenvalue weighted by atomic mass is 9.96. The molecule has 0 aliphatic rings. The number of hydrogen-bond donors (Lipinski definition) is 2. The second-order valence-corrected chi connectivity index (χ2v) is 5.20. The van der Waals surface area contributed by atoms with Crippen molar-refractivity contribution in [2.24, 2.45) is 0 Å². The molecule has 2 N–H and O–H groups in total. The largest absolute Gasteiger partial charge is 0.468 e. The fraction of sp³-hybridized carbons (Fsp3) is 0.158. The van der Waals surface area contributed by atoms with Crippen molar-refractivity contribution in [2.45, 2.75) is 18.7 Å². The number of benzene rings is 2. The predicted molar refractivity (Wildman–Crippen MR) is 86.1 cm³/mol.